The Bertz CT molecular complexity index is 936. The molecule has 0 radical (unpaired) electrons. The number of piperidine rings is 1. The first-order valence-electron chi connectivity index (χ1n) is 9.98. The van der Waals surface area contributed by atoms with Crippen molar-refractivity contribution < 1.29 is 9.59 Å². The van der Waals surface area contributed by atoms with Gasteiger partial charge >= 0.3 is 0 Å². The van der Waals surface area contributed by atoms with Crippen LogP contribution in [0.4, 0.5) is 0 Å². The zero-order chi connectivity index (χ0) is 20.1. The summed E-state index contributed by atoms with van der Waals surface area (Å²) < 4.78 is 2.16. The molecule has 7 nitrogen and oxygen atoms in total. The zero-order valence-electron chi connectivity index (χ0n) is 17.2. The van der Waals surface area contributed by atoms with E-state index in [4.69, 9.17) is 4.98 Å². The Kier molecular flexibility index (Phi) is 4.65. The summed E-state index contributed by atoms with van der Waals surface area (Å²) in [4.78, 5) is 32.8. The zero-order valence-corrected chi connectivity index (χ0v) is 17.2. The van der Waals surface area contributed by atoms with Gasteiger partial charge in [-0.15, -0.1) is 0 Å². The maximum Gasteiger partial charge on any atom is 0.219 e. The second kappa shape index (κ2) is 6.88. The minimum Gasteiger partial charge on any atom is -0.349 e. The lowest BCUT2D eigenvalue weighted by molar-refractivity contribution is -0.132. The van der Waals surface area contributed by atoms with Crippen molar-refractivity contribution in [2.75, 3.05) is 26.2 Å². The number of carbonyl (C=O) groups excluding carboxylic acids is 2. The Morgan fingerprint density at radius 2 is 2.07 bits per heavy atom. The van der Waals surface area contributed by atoms with Gasteiger partial charge in [0.15, 0.2) is 0 Å². The number of nitrogens with zero attached hydrogens (tertiary/aromatic N) is 4. The molecule has 0 unspecified atom stereocenters. The van der Waals surface area contributed by atoms with Crippen molar-refractivity contribution in [3.63, 3.8) is 0 Å². The fraction of sp³-hybridized carbons (Fsp3) is 0.571. The summed E-state index contributed by atoms with van der Waals surface area (Å²) in [7, 11) is 0. The molecule has 2 aromatic rings. The van der Waals surface area contributed by atoms with Gasteiger partial charge < -0.3 is 14.6 Å². The van der Waals surface area contributed by atoms with Crippen LogP contribution in [0.15, 0.2) is 18.3 Å². The van der Waals surface area contributed by atoms with Crippen molar-refractivity contribution in [1.82, 2.24) is 24.5 Å². The smallest absolute Gasteiger partial charge is 0.219 e. The quantitative estimate of drug-likeness (QED) is 0.872. The van der Waals surface area contributed by atoms with Crippen LogP contribution in [0, 0.1) is 19.8 Å². The Morgan fingerprint density at radius 3 is 2.79 bits per heavy atom. The van der Waals surface area contributed by atoms with Gasteiger partial charge in [0.1, 0.15) is 5.65 Å². The van der Waals surface area contributed by atoms with Gasteiger partial charge in [-0.2, -0.15) is 0 Å². The monoisotopic (exact) mass is 383 g/mol. The fourth-order valence-corrected chi connectivity index (χ4v) is 4.96. The summed E-state index contributed by atoms with van der Waals surface area (Å²) in [6.07, 6.45) is 2.89. The van der Waals surface area contributed by atoms with Gasteiger partial charge in [0.05, 0.1) is 16.9 Å². The molecule has 4 rings (SSSR count). The molecule has 2 amide bonds. The van der Waals surface area contributed by atoms with Crippen LogP contribution in [0.2, 0.25) is 0 Å². The second-order valence-corrected chi connectivity index (χ2v) is 8.50. The lowest BCUT2D eigenvalue weighted by atomic mass is 9.80. The normalized spacial score (nSPS) is 25.1. The highest BCUT2D eigenvalue weighted by atomic mass is 16.2. The number of hydrogen-bond donors (Lipinski definition) is 1. The van der Waals surface area contributed by atoms with Crippen LogP contribution in [-0.2, 0) is 16.1 Å². The van der Waals surface area contributed by atoms with Crippen LogP contribution < -0.4 is 5.32 Å². The van der Waals surface area contributed by atoms with Crippen molar-refractivity contribution in [3.8, 4) is 0 Å². The minimum absolute atomic E-state index is 0.00424. The molecule has 2 fully saturated rings. The average Bonchev–Trinajstić information content (AvgIpc) is 3.10. The standard InChI is InChI=1S/C21H29N5O2/c1-14-5-7-26-19(15(2)22-20(26)9-14)12-24-10-18-11-25(17(4)28)8-6-21(18,13-24)23-16(3)27/h5,7,9,18H,6,8,10-13H2,1-4H3,(H,23,27)/t18-,21+/m0/s1. The molecule has 0 aliphatic carbocycles. The molecule has 0 spiro atoms. The Morgan fingerprint density at radius 1 is 1.29 bits per heavy atom. The number of amides is 2. The number of rotatable bonds is 3. The number of hydrogen-bond acceptors (Lipinski definition) is 4. The Hall–Kier alpha value is -2.41. The van der Waals surface area contributed by atoms with Crippen LogP contribution in [0.1, 0.15) is 37.2 Å². The van der Waals surface area contributed by atoms with Gasteiger partial charge in [-0.05, 0) is 38.0 Å². The van der Waals surface area contributed by atoms with E-state index in [0.717, 1.165) is 37.4 Å². The number of aryl methyl sites for hydroxylation is 2. The Labute approximate surface area is 165 Å². The van der Waals surface area contributed by atoms with Crippen molar-refractivity contribution in [1.29, 1.82) is 0 Å². The van der Waals surface area contributed by atoms with Crippen molar-refractivity contribution in [2.24, 2.45) is 5.92 Å². The van der Waals surface area contributed by atoms with Crippen LogP contribution in [0.25, 0.3) is 5.65 Å². The third-order valence-corrected chi connectivity index (χ3v) is 6.36. The van der Waals surface area contributed by atoms with E-state index in [1.165, 1.54) is 11.3 Å². The van der Waals surface area contributed by atoms with Crippen molar-refractivity contribution in [2.45, 2.75) is 46.2 Å². The second-order valence-electron chi connectivity index (χ2n) is 8.50. The number of aromatic nitrogens is 2. The topological polar surface area (TPSA) is 70.0 Å². The van der Waals surface area contributed by atoms with E-state index in [1.807, 2.05) is 4.90 Å². The molecule has 0 bridgehead atoms. The van der Waals surface area contributed by atoms with Gasteiger partial charge in [-0.25, -0.2) is 4.98 Å². The SMILES string of the molecule is CC(=O)N[C@@]12CCN(C(C)=O)C[C@@H]1CN(Cc1c(C)nc3cc(C)ccn13)C2. The molecule has 0 aromatic carbocycles. The van der Waals surface area contributed by atoms with E-state index < -0.39 is 0 Å². The summed E-state index contributed by atoms with van der Waals surface area (Å²) in [5.41, 5.74) is 4.16. The first kappa shape index (κ1) is 18.9. The van der Waals surface area contributed by atoms with E-state index >= 15 is 0 Å². The first-order chi connectivity index (χ1) is 13.3. The molecule has 0 saturated carbocycles. The van der Waals surface area contributed by atoms with E-state index in [2.05, 4.69) is 46.8 Å². The highest BCUT2D eigenvalue weighted by Gasteiger charge is 2.50. The van der Waals surface area contributed by atoms with Crippen LogP contribution in [-0.4, -0.2) is 62.7 Å². The van der Waals surface area contributed by atoms with Gasteiger partial charge in [0, 0.05) is 58.7 Å². The molecule has 28 heavy (non-hydrogen) atoms. The number of nitrogens with one attached hydrogen (secondary N) is 1. The molecule has 2 aliphatic heterocycles. The molecule has 2 aromatic heterocycles. The molecule has 2 saturated heterocycles. The highest BCUT2D eigenvalue weighted by molar-refractivity contribution is 5.75. The highest BCUT2D eigenvalue weighted by Crippen LogP contribution is 2.36. The minimum atomic E-state index is -0.247. The number of imidazole rings is 1. The summed E-state index contributed by atoms with van der Waals surface area (Å²) in [5, 5.41) is 3.24. The summed E-state index contributed by atoms with van der Waals surface area (Å²) in [5.74, 6) is 0.364. The predicted molar refractivity (Wildman–Crippen MR) is 107 cm³/mol. The molecular weight excluding hydrogens is 354 g/mol. The predicted octanol–water partition coefficient (Wildman–Crippen LogP) is 1.51. The largest absolute Gasteiger partial charge is 0.349 e. The number of fused-ring (bicyclic) bond motifs is 2. The van der Waals surface area contributed by atoms with Crippen LogP contribution >= 0.6 is 0 Å². The molecule has 2 atom stereocenters. The van der Waals surface area contributed by atoms with E-state index in [1.54, 1.807) is 13.8 Å². The van der Waals surface area contributed by atoms with Gasteiger partial charge in [-0.1, -0.05) is 0 Å². The van der Waals surface area contributed by atoms with Gasteiger partial charge in [0.25, 0.3) is 0 Å². The van der Waals surface area contributed by atoms with Crippen LogP contribution in [0.5, 0.6) is 0 Å². The lowest BCUT2D eigenvalue weighted by Crippen LogP contribution is -2.61. The molecule has 2 aliphatic rings. The summed E-state index contributed by atoms with van der Waals surface area (Å²) in [6.45, 7) is 11.2. The molecule has 1 N–H and O–H groups in total. The lowest BCUT2D eigenvalue weighted by Gasteiger charge is -2.43. The van der Waals surface area contributed by atoms with Crippen molar-refractivity contribution >= 4 is 17.5 Å². The summed E-state index contributed by atoms with van der Waals surface area (Å²) in [6, 6.07) is 4.20. The molecule has 4 heterocycles. The molecule has 7 heteroatoms. The van der Waals surface area contributed by atoms with Gasteiger partial charge in [-0.3, -0.25) is 14.5 Å². The Balaban J connectivity index is 1.59. The van der Waals surface area contributed by atoms with Crippen molar-refractivity contribution in [3.05, 3.63) is 35.3 Å². The van der Waals surface area contributed by atoms with E-state index in [-0.39, 0.29) is 23.3 Å². The summed E-state index contributed by atoms with van der Waals surface area (Å²) >= 11 is 0. The fourth-order valence-electron chi connectivity index (χ4n) is 4.96. The maximum atomic E-state index is 11.9. The van der Waals surface area contributed by atoms with E-state index in [0.29, 0.717) is 13.1 Å². The molecular formula is C21H29N5O2. The molecule has 150 valence electrons. The number of pyridine rings is 1. The van der Waals surface area contributed by atoms with Gasteiger partial charge in [0.2, 0.25) is 11.8 Å². The number of likely N-dealkylation sites (tertiary alicyclic amines) is 2. The first-order valence-corrected chi connectivity index (χ1v) is 9.98. The van der Waals surface area contributed by atoms with E-state index in [9.17, 15) is 9.59 Å². The van der Waals surface area contributed by atoms with Crippen LogP contribution in [0.3, 0.4) is 0 Å². The number of carbonyl (C=O) groups is 2. The third-order valence-electron chi connectivity index (χ3n) is 6.36. The average molecular weight is 383 g/mol. The third kappa shape index (κ3) is 3.28. The maximum absolute atomic E-state index is 11.9.